The first kappa shape index (κ1) is 19.1. The van der Waals surface area contributed by atoms with Crippen molar-refractivity contribution in [2.24, 2.45) is 5.92 Å². The highest BCUT2D eigenvalue weighted by atomic mass is 16.5. The van der Waals surface area contributed by atoms with Gasteiger partial charge in [0.1, 0.15) is 12.1 Å². The van der Waals surface area contributed by atoms with E-state index in [9.17, 15) is 4.79 Å². The van der Waals surface area contributed by atoms with Crippen molar-refractivity contribution in [3.8, 4) is 5.88 Å². The van der Waals surface area contributed by atoms with E-state index < -0.39 is 0 Å². The zero-order valence-corrected chi connectivity index (χ0v) is 16.1. The molecule has 1 aliphatic rings. The van der Waals surface area contributed by atoms with E-state index in [-0.39, 0.29) is 11.8 Å². The van der Waals surface area contributed by atoms with E-state index in [1.54, 1.807) is 0 Å². The largest absolute Gasteiger partial charge is 0.478 e. The lowest BCUT2D eigenvalue weighted by molar-refractivity contribution is -0.135. The summed E-state index contributed by atoms with van der Waals surface area (Å²) in [6, 6.07) is 12.3. The predicted molar refractivity (Wildman–Crippen MR) is 106 cm³/mol. The second-order valence-electron chi connectivity index (χ2n) is 7.01. The molecule has 1 fully saturated rings. The molecule has 1 amide bonds. The predicted octanol–water partition coefficient (Wildman–Crippen LogP) is 3.16. The summed E-state index contributed by atoms with van der Waals surface area (Å²) in [6.45, 7) is 6.09. The minimum atomic E-state index is 0.00697. The number of ether oxygens (including phenoxy) is 1. The van der Waals surface area contributed by atoms with Gasteiger partial charge in [0.05, 0.1) is 6.61 Å². The lowest BCUT2D eigenvalue weighted by Crippen LogP contribution is -2.44. The number of likely N-dealkylation sites (tertiary alicyclic amines) is 1. The Morgan fingerprint density at radius 2 is 2.00 bits per heavy atom. The summed E-state index contributed by atoms with van der Waals surface area (Å²) in [5.41, 5.74) is 1.21. The fourth-order valence-corrected chi connectivity index (χ4v) is 3.47. The van der Waals surface area contributed by atoms with Crippen molar-refractivity contribution in [1.82, 2.24) is 14.9 Å². The minimum Gasteiger partial charge on any atom is -0.478 e. The molecule has 0 bridgehead atoms. The van der Waals surface area contributed by atoms with Crippen LogP contribution in [0.3, 0.4) is 0 Å². The van der Waals surface area contributed by atoms with Crippen LogP contribution in [0.5, 0.6) is 5.88 Å². The molecule has 1 saturated heterocycles. The third-order valence-corrected chi connectivity index (χ3v) is 4.90. The molecular formula is C21H28N4O2. The lowest BCUT2D eigenvalue weighted by atomic mass is 9.97. The van der Waals surface area contributed by atoms with Gasteiger partial charge in [0, 0.05) is 31.1 Å². The van der Waals surface area contributed by atoms with E-state index in [1.165, 1.54) is 11.9 Å². The van der Waals surface area contributed by atoms with Gasteiger partial charge in [-0.1, -0.05) is 37.3 Å². The van der Waals surface area contributed by atoms with Crippen LogP contribution in [-0.2, 0) is 11.2 Å². The van der Waals surface area contributed by atoms with Crippen molar-refractivity contribution >= 4 is 11.7 Å². The number of nitrogens with zero attached hydrogens (tertiary/aromatic N) is 3. The summed E-state index contributed by atoms with van der Waals surface area (Å²) in [6.07, 6.45) is 4.13. The standard InChI is InChI=1S/C21H28N4O2/c1-3-27-20-14-19(22-15-23-20)24-18-9-11-25(12-10-18)21(26)16(2)13-17-7-5-4-6-8-17/h4-8,14-16,18H,3,9-13H2,1-2H3,(H,22,23,24). The fourth-order valence-electron chi connectivity index (χ4n) is 3.47. The third kappa shape index (κ3) is 5.42. The van der Waals surface area contributed by atoms with Crippen LogP contribution in [0.1, 0.15) is 32.3 Å². The Morgan fingerprint density at radius 1 is 1.26 bits per heavy atom. The Hall–Kier alpha value is -2.63. The van der Waals surface area contributed by atoms with Crippen molar-refractivity contribution in [2.45, 2.75) is 39.2 Å². The van der Waals surface area contributed by atoms with Gasteiger partial charge in [0.2, 0.25) is 11.8 Å². The number of carbonyl (C=O) groups excluding carboxylic acids is 1. The monoisotopic (exact) mass is 368 g/mol. The molecule has 6 nitrogen and oxygen atoms in total. The number of hydrogen-bond donors (Lipinski definition) is 1. The molecule has 144 valence electrons. The number of rotatable bonds is 7. The SMILES string of the molecule is CCOc1cc(NC2CCN(C(=O)C(C)Cc3ccccc3)CC2)ncn1. The molecule has 6 heteroatoms. The highest BCUT2D eigenvalue weighted by Gasteiger charge is 2.26. The molecule has 1 aliphatic heterocycles. The average molecular weight is 368 g/mol. The molecule has 0 radical (unpaired) electrons. The molecule has 0 saturated carbocycles. The van der Waals surface area contributed by atoms with Crippen LogP contribution in [-0.4, -0.2) is 46.5 Å². The zero-order valence-electron chi connectivity index (χ0n) is 16.1. The molecule has 2 aromatic rings. The Labute approximate surface area is 161 Å². The van der Waals surface area contributed by atoms with Crippen LogP contribution >= 0.6 is 0 Å². The topological polar surface area (TPSA) is 67.3 Å². The molecule has 2 heterocycles. The Bertz CT molecular complexity index is 730. The maximum atomic E-state index is 12.8. The van der Waals surface area contributed by atoms with Crippen LogP contribution in [0.4, 0.5) is 5.82 Å². The molecule has 1 atom stereocenters. The fraction of sp³-hybridized carbons (Fsp3) is 0.476. The molecule has 1 unspecified atom stereocenters. The maximum Gasteiger partial charge on any atom is 0.225 e. The van der Waals surface area contributed by atoms with E-state index in [2.05, 4.69) is 27.4 Å². The first-order valence-corrected chi connectivity index (χ1v) is 9.69. The van der Waals surface area contributed by atoms with Gasteiger partial charge in [-0.25, -0.2) is 9.97 Å². The van der Waals surface area contributed by atoms with Crippen LogP contribution in [0, 0.1) is 5.92 Å². The molecule has 1 aromatic heterocycles. The maximum absolute atomic E-state index is 12.8. The van der Waals surface area contributed by atoms with Crippen molar-refractivity contribution in [3.05, 3.63) is 48.3 Å². The van der Waals surface area contributed by atoms with Gasteiger partial charge in [-0.05, 0) is 31.7 Å². The quantitative estimate of drug-likeness (QED) is 0.813. The highest BCUT2D eigenvalue weighted by Crippen LogP contribution is 2.20. The number of anilines is 1. The second-order valence-corrected chi connectivity index (χ2v) is 7.01. The second kappa shape index (κ2) is 9.35. The lowest BCUT2D eigenvalue weighted by Gasteiger charge is -2.34. The number of benzene rings is 1. The van der Waals surface area contributed by atoms with Crippen molar-refractivity contribution < 1.29 is 9.53 Å². The van der Waals surface area contributed by atoms with Crippen LogP contribution in [0.25, 0.3) is 0 Å². The summed E-state index contributed by atoms with van der Waals surface area (Å²) >= 11 is 0. The van der Waals surface area contributed by atoms with Crippen molar-refractivity contribution in [1.29, 1.82) is 0 Å². The number of nitrogens with one attached hydrogen (secondary N) is 1. The first-order valence-electron chi connectivity index (χ1n) is 9.69. The zero-order chi connectivity index (χ0) is 19.1. The van der Waals surface area contributed by atoms with Crippen LogP contribution in [0.15, 0.2) is 42.7 Å². The highest BCUT2D eigenvalue weighted by molar-refractivity contribution is 5.79. The number of hydrogen-bond acceptors (Lipinski definition) is 5. The van der Waals surface area contributed by atoms with Gasteiger partial charge in [-0.15, -0.1) is 0 Å². The summed E-state index contributed by atoms with van der Waals surface area (Å²) in [4.78, 5) is 23.1. The van der Waals surface area contributed by atoms with E-state index in [1.807, 2.05) is 43.0 Å². The number of piperidine rings is 1. The smallest absolute Gasteiger partial charge is 0.225 e. The van der Waals surface area contributed by atoms with E-state index >= 15 is 0 Å². The molecule has 0 spiro atoms. The van der Waals surface area contributed by atoms with Gasteiger partial charge in [0.25, 0.3) is 0 Å². The Morgan fingerprint density at radius 3 is 2.70 bits per heavy atom. The minimum absolute atomic E-state index is 0.00697. The summed E-state index contributed by atoms with van der Waals surface area (Å²) in [7, 11) is 0. The summed E-state index contributed by atoms with van der Waals surface area (Å²) in [5.74, 6) is 1.61. The van der Waals surface area contributed by atoms with Gasteiger partial charge in [-0.3, -0.25) is 4.79 Å². The van der Waals surface area contributed by atoms with E-state index in [0.29, 0.717) is 18.5 Å². The number of carbonyl (C=O) groups is 1. The third-order valence-electron chi connectivity index (χ3n) is 4.90. The molecule has 27 heavy (non-hydrogen) atoms. The molecular weight excluding hydrogens is 340 g/mol. The summed E-state index contributed by atoms with van der Waals surface area (Å²) in [5, 5.41) is 3.44. The number of amides is 1. The molecule has 1 N–H and O–H groups in total. The van der Waals surface area contributed by atoms with Gasteiger partial charge < -0.3 is 15.0 Å². The van der Waals surface area contributed by atoms with Gasteiger partial charge in [0.15, 0.2) is 0 Å². The van der Waals surface area contributed by atoms with Crippen LogP contribution in [0.2, 0.25) is 0 Å². The Balaban J connectivity index is 1.48. The molecule has 1 aromatic carbocycles. The van der Waals surface area contributed by atoms with Crippen LogP contribution < -0.4 is 10.1 Å². The summed E-state index contributed by atoms with van der Waals surface area (Å²) < 4.78 is 5.42. The first-order chi connectivity index (χ1) is 13.2. The normalized spacial score (nSPS) is 16.0. The van der Waals surface area contributed by atoms with Gasteiger partial charge in [-0.2, -0.15) is 0 Å². The van der Waals surface area contributed by atoms with Gasteiger partial charge >= 0.3 is 0 Å². The molecule has 0 aliphatic carbocycles. The average Bonchev–Trinajstić information content (AvgIpc) is 2.69. The number of aromatic nitrogens is 2. The van der Waals surface area contributed by atoms with Crippen molar-refractivity contribution in [2.75, 3.05) is 25.0 Å². The Kier molecular flexibility index (Phi) is 6.63. The molecule has 3 rings (SSSR count). The van der Waals surface area contributed by atoms with E-state index in [4.69, 9.17) is 4.74 Å². The van der Waals surface area contributed by atoms with E-state index in [0.717, 1.165) is 38.2 Å². The van der Waals surface area contributed by atoms with Crippen molar-refractivity contribution in [3.63, 3.8) is 0 Å².